The number of fused-ring (bicyclic) bond motifs is 1. The zero-order valence-electron chi connectivity index (χ0n) is 13.0. The van der Waals surface area contributed by atoms with Crippen LogP contribution in [0.25, 0.3) is 10.9 Å². The van der Waals surface area contributed by atoms with E-state index in [1.54, 1.807) is 0 Å². The van der Waals surface area contributed by atoms with Gasteiger partial charge in [-0.3, -0.25) is 4.90 Å². The van der Waals surface area contributed by atoms with Gasteiger partial charge in [-0.2, -0.15) is 0 Å². The first kappa shape index (κ1) is 16.7. The Balaban J connectivity index is 1.57. The van der Waals surface area contributed by atoms with Crippen LogP contribution in [-0.4, -0.2) is 59.5 Å². The highest BCUT2D eigenvalue weighted by molar-refractivity contribution is 7.80. The number of rotatable bonds is 4. The van der Waals surface area contributed by atoms with Crippen LogP contribution in [0.15, 0.2) is 28.4 Å². The summed E-state index contributed by atoms with van der Waals surface area (Å²) < 4.78 is 18.5. The van der Waals surface area contributed by atoms with Gasteiger partial charge in [-0.05, 0) is 30.4 Å². The number of benzene rings is 1. The molecule has 0 spiro atoms. The van der Waals surface area contributed by atoms with E-state index in [1.165, 1.54) is 18.2 Å². The molecule has 24 heavy (non-hydrogen) atoms. The lowest BCUT2D eigenvalue weighted by Crippen LogP contribution is -2.40. The fourth-order valence-electron chi connectivity index (χ4n) is 2.52. The number of aromatic nitrogens is 1. The molecule has 0 radical (unpaired) electrons. The summed E-state index contributed by atoms with van der Waals surface area (Å²) in [5.41, 5.74) is 0.690. The largest absolute Gasteiger partial charge is 0.493 e. The summed E-state index contributed by atoms with van der Waals surface area (Å²) in [6, 6.07) is 4.12. The lowest BCUT2D eigenvalue weighted by atomic mass is 10.2. The standard InChI is InChI=1S/C15H18FN5O2S/c16-10-1-2-11-12(9-10)18-14(22)13(11)19-20-15(24)17-3-4-21-5-7-23-8-6-21/h1-2,9,18,22H,3-8H2,(H,17,24). The van der Waals surface area contributed by atoms with Gasteiger partial charge in [0, 0.05) is 31.6 Å². The van der Waals surface area contributed by atoms with Gasteiger partial charge in [0.1, 0.15) is 5.82 Å². The van der Waals surface area contributed by atoms with Crippen molar-refractivity contribution in [1.29, 1.82) is 0 Å². The van der Waals surface area contributed by atoms with E-state index in [-0.39, 0.29) is 16.7 Å². The van der Waals surface area contributed by atoms with Gasteiger partial charge >= 0.3 is 0 Å². The van der Waals surface area contributed by atoms with Crippen molar-refractivity contribution in [2.24, 2.45) is 10.2 Å². The molecule has 1 fully saturated rings. The third-order valence-electron chi connectivity index (χ3n) is 3.76. The fourth-order valence-corrected chi connectivity index (χ4v) is 2.66. The molecule has 9 heteroatoms. The maximum atomic E-state index is 13.2. The summed E-state index contributed by atoms with van der Waals surface area (Å²) in [4.78, 5) is 4.93. The molecule has 0 bridgehead atoms. The van der Waals surface area contributed by atoms with Crippen molar-refractivity contribution in [3.8, 4) is 5.88 Å². The van der Waals surface area contributed by atoms with E-state index in [2.05, 4.69) is 25.4 Å². The molecule has 0 unspecified atom stereocenters. The van der Waals surface area contributed by atoms with Crippen LogP contribution in [0.2, 0.25) is 0 Å². The number of ether oxygens (including phenoxy) is 1. The summed E-state index contributed by atoms with van der Waals surface area (Å²) in [5, 5.41) is 21.6. The van der Waals surface area contributed by atoms with Gasteiger partial charge in [-0.15, -0.1) is 10.2 Å². The maximum absolute atomic E-state index is 13.2. The molecular formula is C15H18FN5O2S. The molecule has 3 N–H and O–H groups in total. The smallest absolute Gasteiger partial charge is 0.218 e. The number of H-pyrrole nitrogens is 1. The Bertz CT molecular complexity index is 758. The second kappa shape index (κ2) is 7.65. The Hall–Kier alpha value is -2.10. The molecule has 3 rings (SSSR count). The Kier molecular flexibility index (Phi) is 5.34. The molecular weight excluding hydrogens is 333 g/mol. The highest BCUT2D eigenvalue weighted by atomic mass is 32.1. The Morgan fingerprint density at radius 3 is 3.00 bits per heavy atom. The molecule has 1 aliphatic rings. The normalized spacial score (nSPS) is 16.0. The van der Waals surface area contributed by atoms with Crippen LogP contribution in [0.3, 0.4) is 0 Å². The highest BCUT2D eigenvalue weighted by Gasteiger charge is 2.12. The van der Waals surface area contributed by atoms with E-state index < -0.39 is 5.82 Å². The van der Waals surface area contributed by atoms with Crippen molar-refractivity contribution in [3.63, 3.8) is 0 Å². The number of halogens is 1. The number of thiocarbonyl (C=S) groups is 1. The average molecular weight is 351 g/mol. The summed E-state index contributed by atoms with van der Waals surface area (Å²) in [6.07, 6.45) is 0. The molecule has 0 atom stereocenters. The lowest BCUT2D eigenvalue weighted by molar-refractivity contribution is 0.0389. The van der Waals surface area contributed by atoms with E-state index in [9.17, 15) is 9.50 Å². The number of morpholine rings is 1. The first-order valence-corrected chi connectivity index (χ1v) is 8.04. The van der Waals surface area contributed by atoms with Crippen LogP contribution in [0.5, 0.6) is 5.88 Å². The monoisotopic (exact) mass is 351 g/mol. The zero-order chi connectivity index (χ0) is 16.9. The lowest BCUT2D eigenvalue weighted by Gasteiger charge is -2.26. The molecule has 7 nitrogen and oxygen atoms in total. The SMILES string of the molecule is Oc1[nH]c2cc(F)ccc2c1N=NC(=S)NCCN1CCOCC1. The van der Waals surface area contributed by atoms with Crippen LogP contribution < -0.4 is 5.32 Å². The summed E-state index contributed by atoms with van der Waals surface area (Å²) in [5.74, 6) is -0.567. The van der Waals surface area contributed by atoms with Crippen molar-refractivity contribution in [1.82, 2.24) is 15.2 Å². The van der Waals surface area contributed by atoms with E-state index in [1.807, 2.05) is 0 Å². The van der Waals surface area contributed by atoms with Crippen molar-refractivity contribution >= 4 is 33.9 Å². The quantitative estimate of drug-likeness (QED) is 0.581. The highest BCUT2D eigenvalue weighted by Crippen LogP contribution is 2.35. The van der Waals surface area contributed by atoms with E-state index in [4.69, 9.17) is 17.0 Å². The minimum atomic E-state index is -0.396. The molecule has 0 amide bonds. The Labute approximate surface area is 143 Å². The van der Waals surface area contributed by atoms with Crippen LogP contribution in [-0.2, 0) is 4.74 Å². The van der Waals surface area contributed by atoms with Gasteiger partial charge in [0.25, 0.3) is 0 Å². The van der Waals surface area contributed by atoms with Crippen LogP contribution in [0.1, 0.15) is 0 Å². The van der Waals surface area contributed by atoms with Gasteiger partial charge in [0.2, 0.25) is 11.0 Å². The maximum Gasteiger partial charge on any atom is 0.218 e. The summed E-state index contributed by atoms with van der Waals surface area (Å²) in [7, 11) is 0. The molecule has 1 saturated heterocycles. The average Bonchev–Trinajstić information content (AvgIpc) is 2.88. The van der Waals surface area contributed by atoms with Crippen molar-refractivity contribution in [2.45, 2.75) is 0 Å². The number of azo groups is 1. The second-order valence-electron chi connectivity index (χ2n) is 5.40. The Morgan fingerprint density at radius 1 is 1.42 bits per heavy atom. The van der Waals surface area contributed by atoms with Gasteiger partial charge < -0.3 is 20.1 Å². The predicted octanol–water partition coefficient (Wildman–Crippen LogP) is 2.30. The third kappa shape index (κ3) is 4.05. The summed E-state index contributed by atoms with van der Waals surface area (Å²) in [6.45, 7) is 4.83. The number of hydrogen-bond donors (Lipinski definition) is 3. The minimum absolute atomic E-state index is 0.171. The topological polar surface area (TPSA) is 85.2 Å². The first-order valence-electron chi connectivity index (χ1n) is 7.63. The molecule has 1 aromatic heterocycles. The van der Waals surface area contributed by atoms with E-state index >= 15 is 0 Å². The van der Waals surface area contributed by atoms with Crippen molar-refractivity contribution in [3.05, 3.63) is 24.0 Å². The molecule has 128 valence electrons. The number of nitrogens with one attached hydrogen (secondary N) is 2. The Morgan fingerprint density at radius 2 is 2.21 bits per heavy atom. The molecule has 1 aliphatic heterocycles. The number of hydrogen-bond acceptors (Lipinski definition) is 5. The minimum Gasteiger partial charge on any atom is -0.493 e. The molecule has 2 heterocycles. The van der Waals surface area contributed by atoms with Gasteiger partial charge in [0.05, 0.1) is 18.7 Å². The third-order valence-corrected chi connectivity index (χ3v) is 3.99. The second-order valence-corrected chi connectivity index (χ2v) is 5.78. The number of aromatic hydroxyl groups is 1. The predicted molar refractivity (Wildman–Crippen MR) is 92.3 cm³/mol. The van der Waals surface area contributed by atoms with Crippen molar-refractivity contribution in [2.75, 3.05) is 39.4 Å². The molecule has 0 aliphatic carbocycles. The van der Waals surface area contributed by atoms with Crippen LogP contribution in [0, 0.1) is 5.82 Å². The van der Waals surface area contributed by atoms with Gasteiger partial charge in [0.15, 0.2) is 5.69 Å². The first-order chi connectivity index (χ1) is 11.6. The van der Waals surface area contributed by atoms with Crippen LogP contribution >= 0.6 is 12.2 Å². The van der Waals surface area contributed by atoms with E-state index in [0.717, 1.165) is 32.8 Å². The number of nitrogens with zero attached hydrogens (tertiary/aromatic N) is 3. The van der Waals surface area contributed by atoms with Gasteiger partial charge in [-0.25, -0.2) is 4.39 Å². The molecule has 2 aromatic rings. The molecule has 0 saturated carbocycles. The number of aromatic amines is 1. The van der Waals surface area contributed by atoms with Crippen LogP contribution in [0.4, 0.5) is 10.1 Å². The van der Waals surface area contributed by atoms with Gasteiger partial charge in [-0.1, -0.05) is 0 Å². The van der Waals surface area contributed by atoms with Crippen molar-refractivity contribution < 1.29 is 14.2 Å². The summed E-state index contributed by atoms with van der Waals surface area (Å²) >= 11 is 5.11. The zero-order valence-corrected chi connectivity index (χ0v) is 13.8. The van der Waals surface area contributed by atoms with E-state index in [0.29, 0.717) is 17.4 Å². The molecule has 1 aromatic carbocycles. The fraction of sp³-hybridized carbons (Fsp3) is 0.400.